The highest BCUT2D eigenvalue weighted by atomic mass is 19.1. The Bertz CT molecular complexity index is 613. The number of unbranched alkanes of at least 4 members (excludes halogenated alkanes) is 2. The molecule has 0 saturated heterocycles. The molecule has 1 nitrogen and oxygen atoms in total. The van der Waals surface area contributed by atoms with Crippen molar-refractivity contribution in [3.63, 3.8) is 0 Å². The number of benzene rings is 1. The zero-order valence-corrected chi connectivity index (χ0v) is 16.1. The smallest absolute Gasteiger partial charge is 0.195 e. The average molecular weight is 354 g/mol. The van der Waals surface area contributed by atoms with Crippen LogP contribution in [0.1, 0.15) is 69.4 Å². The van der Waals surface area contributed by atoms with Crippen molar-refractivity contribution in [2.24, 2.45) is 11.8 Å². The van der Waals surface area contributed by atoms with Crippen LogP contribution in [0.4, 0.5) is 4.39 Å². The molecule has 1 aromatic rings. The number of nitriles is 1. The highest BCUT2D eigenvalue weighted by Crippen LogP contribution is 2.32. The van der Waals surface area contributed by atoms with E-state index in [0.717, 1.165) is 5.92 Å². The Morgan fingerprint density at radius 2 is 1.73 bits per heavy atom. The van der Waals surface area contributed by atoms with Gasteiger partial charge < -0.3 is 0 Å². The monoisotopic (exact) mass is 353 g/mol. The molecule has 140 valence electrons. The van der Waals surface area contributed by atoms with Gasteiger partial charge in [-0.1, -0.05) is 56.2 Å². The van der Waals surface area contributed by atoms with E-state index >= 15 is 0 Å². The average Bonchev–Trinajstić information content (AvgIpc) is 2.68. The molecular weight excluding hydrogens is 321 g/mol. The lowest BCUT2D eigenvalue weighted by Crippen LogP contribution is -2.13. The van der Waals surface area contributed by atoms with Crippen LogP contribution in [0.15, 0.2) is 48.3 Å². The molecule has 26 heavy (non-hydrogen) atoms. The molecule has 0 heterocycles. The number of aryl methyl sites for hydroxylation is 2. The van der Waals surface area contributed by atoms with Crippen molar-refractivity contribution < 1.29 is 4.39 Å². The van der Waals surface area contributed by atoms with Gasteiger partial charge in [-0.05, 0) is 80.4 Å². The van der Waals surface area contributed by atoms with E-state index in [1.54, 1.807) is 6.08 Å². The van der Waals surface area contributed by atoms with Gasteiger partial charge in [0.2, 0.25) is 0 Å². The second kappa shape index (κ2) is 11.7. The number of rotatable bonds is 9. The van der Waals surface area contributed by atoms with Crippen LogP contribution < -0.4 is 0 Å². The minimum atomic E-state index is -0.716. The van der Waals surface area contributed by atoms with Crippen molar-refractivity contribution in [3.8, 4) is 6.07 Å². The molecule has 0 aromatic heterocycles. The molecule has 0 bridgehead atoms. The maximum absolute atomic E-state index is 12.8. The van der Waals surface area contributed by atoms with Crippen molar-refractivity contribution in [3.05, 3.63) is 59.4 Å². The molecule has 0 aliphatic heterocycles. The first-order valence-electron chi connectivity index (χ1n) is 10.2. The largest absolute Gasteiger partial charge is 0.199 e. The number of allylic oxidation sites excluding steroid dienone is 4. The Hall–Kier alpha value is -1.88. The van der Waals surface area contributed by atoms with E-state index in [4.69, 9.17) is 5.26 Å². The number of nitrogens with zero attached hydrogens (tertiary/aromatic N) is 1. The SMILES string of the molecule is CCCCCc1ccc(CC[C@H]2CC[C@H](C=CC=C(F)C#N)CC2)cc1. The van der Waals surface area contributed by atoms with Crippen molar-refractivity contribution in [2.45, 2.75) is 71.1 Å². The first kappa shape index (κ1) is 20.4. The standard InChI is InChI=1S/C24H32FN/c1-2-3-4-6-20-9-13-22(14-10-20)17-18-23-15-11-21(12-16-23)7-5-8-24(25)19-26/h5,7-10,13-14,21,23H,2-4,6,11-12,15-18H2,1H3/t21-,23-. The third-order valence-electron chi connectivity index (χ3n) is 5.56. The normalized spacial score (nSPS) is 21.0. The second-order valence-electron chi connectivity index (χ2n) is 7.60. The minimum Gasteiger partial charge on any atom is -0.195 e. The zero-order chi connectivity index (χ0) is 18.6. The van der Waals surface area contributed by atoms with E-state index in [0.29, 0.717) is 5.92 Å². The molecule has 2 rings (SSSR count). The highest BCUT2D eigenvalue weighted by molar-refractivity contribution is 5.23. The lowest BCUT2D eigenvalue weighted by atomic mass is 9.79. The molecule has 0 radical (unpaired) electrons. The van der Waals surface area contributed by atoms with Crippen LogP contribution in [0.5, 0.6) is 0 Å². The summed E-state index contributed by atoms with van der Waals surface area (Å²) < 4.78 is 12.8. The van der Waals surface area contributed by atoms with Crippen LogP contribution in [-0.2, 0) is 12.8 Å². The van der Waals surface area contributed by atoms with Gasteiger partial charge in [-0.25, -0.2) is 0 Å². The molecule has 1 aromatic carbocycles. The van der Waals surface area contributed by atoms with Gasteiger partial charge in [-0.2, -0.15) is 9.65 Å². The highest BCUT2D eigenvalue weighted by Gasteiger charge is 2.19. The molecule has 0 amide bonds. The first-order valence-corrected chi connectivity index (χ1v) is 10.2. The van der Waals surface area contributed by atoms with Crippen LogP contribution in [0.2, 0.25) is 0 Å². The minimum absolute atomic E-state index is 0.538. The summed E-state index contributed by atoms with van der Waals surface area (Å²) in [5.41, 5.74) is 2.93. The van der Waals surface area contributed by atoms with Crippen LogP contribution in [0, 0.1) is 23.2 Å². The van der Waals surface area contributed by atoms with Gasteiger partial charge in [0.1, 0.15) is 6.07 Å². The Kier molecular flexibility index (Phi) is 9.18. The van der Waals surface area contributed by atoms with Crippen LogP contribution in [0.25, 0.3) is 0 Å². The van der Waals surface area contributed by atoms with Crippen molar-refractivity contribution in [1.29, 1.82) is 5.26 Å². The molecule has 0 spiro atoms. The van der Waals surface area contributed by atoms with Gasteiger partial charge >= 0.3 is 0 Å². The van der Waals surface area contributed by atoms with E-state index in [2.05, 4.69) is 37.3 Å². The predicted octanol–water partition coefficient (Wildman–Crippen LogP) is 7.09. The molecule has 1 aliphatic carbocycles. The van der Waals surface area contributed by atoms with Gasteiger partial charge in [0.05, 0.1) is 0 Å². The second-order valence-corrected chi connectivity index (χ2v) is 7.60. The third kappa shape index (κ3) is 7.56. The summed E-state index contributed by atoms with van der Waals surface area (Å²) in [6.07, 6.45) is 17.5. The topological polar surface area (TPSA) is 23.8 Å². The summed E-state index contributed by atoms with van der Waals surface area (Å²) in [4.78, 5) is 0. The van der Waals surface area contributed by atoms with Gasteiger partial charge in [0, 0.05) is 0 Å². The fourth-order valence-electron chi connectivity index (χ4n) is 3.83. The van der Waals surface area contributed by atoms with Gasteiger partial charge in [-0.15, -0.1) is 0 Å². The Labute approximate surface area is 158 Å². The van der Waals surface area contributed by atoms with E-state index < -0.39 is 5.83 Å². The lowest BCUT2D eigenvalue weighted by Gasteiger charge is -2.26. The molecule has 1 fully saturated rings. The summed E-state index contributed by atoms with van der Waals surface area (Å²) >= 11 is 0. The quantitative estimate of drug-likeness (QED) is 0.264. The summed E-state index contributed by atoms with van der Waals surface area (Å²) in [6.45, 7) is 2.25. The molecule has 1 saturated carbocycles. The van der Waals surface area contributed by atoms with Crippen molar-refractivity contribution in [2.75, 3.05) is 0 Å². The van der Waals surface area contributed by atoms with Crippen LogP contribution >= 0.6 is 0 Å². The fourth-order valence-corrected chi connectivity index (χ4v) is 3.83. The molecular formula is C24H32FN. The van der Waals surface area contributed by atoms with E-state index in [-0.39, 0.29) is 0 Å². The van der Waals surface area contributed by atoms with Crippen molar-refractivity contribution in [1.82, 2.24) is 0 Å². The summed E-state index contributed by atoms with van der Waals surface area (Å²) in [5.74, 6) is 0.637. The molecule has 0 N–H and O–H groups in total. The van der Waals surface area contributed by atoms with Gasteiger partial charge in [0.25, 0.3) is 0 Å². The third-order valence-corrected chi connectivity index (χ3v) is 5.56. The Morgan fingerprint density at radius 3 is 2.35 bits per heavy atom. The van der Waals surface area contributed by atoms with E-state index in [9.17, 15) is 4.39 Å². The molecule has 0 atom stereocenters. The number of hydrogen-bond donors (Lipinski definition) is 0. The van der Waals surface area contributed by atoms with E-state index in [1.165, 1.54) is 87.5 Å². The zero-order valence-electron chi connectivity index (χ0n) is 16.1. The van der Waals surface area contributed by atoms with Crippen LogP contribution in [0.3, 0.4) is 0 Å². The van der Waals surface area contributed by atoms with Gasteiger partial charge in [0.15, 0.2) is 5.83 Å². The fraction of sp³-hybridized carbons (Fsp3) is 0.542. The predicted molar refractivity (Wildman–Crippen MR) is 107 cm³/mol. The van der Waals surface area contributed by atoms with E-state index in [1.807, 2.05) is 0 Å². The number of halogens is 1. The summed E-state index contributed by atoms with van der Waals surface area (Å²) in [6, 6.07) is 10.7. The van der Waals surface area contributed by atoms with Crippen LogP contribution in [-0.4, -0.2) is 0 Å². The lowest BCUT2D eigenvalue weighted by molar-refractivity contribution is 0.296. The number of hydrogen-bond acceptors (Lipinski definition) is 1. The first-order chi connectivity index (χ1) is 12.7. The summed E-state index contributed by atoms with van der Waals surface area (Å²) in [5, 5.41) is 8.40. The Morgan fingerprint density at radius 1 is 1.08 bits per heavy atom. The van der Waals surface area contributed by atoms with Gasteiger partial charge in [-0.3, -0.25) is 0 Å². The maximum Gasteiger partial charge on any atom is 0.199 e. The van der Waals surface area contributed by atoms with Crippen molar-refractivity contribution >= 4 is 0 Å². The summed E-state index contributed by atoms with van der Waals surface area (Å²) in [7, 11) is 0. The molecule has 1 aliphatic rings. The molecule has 0 unspecified atom stereocenters. The Balaban J connectivity index is 1.67. The maximum atomic E-state index is 12.8. The molecule has 2 heteroatoms.